The lowest BCUT2D eigenvalue weighted by molar-refractivity contribution is -0.143. The van der Waals surface area contributed by atoms with Crippen molar-refractivity contribution in [2.75, 3.05) is 106 Å². The van der Waals surface area contributed by atoms with Gasteiger partial charge >= 0.3 is 0 Å². The van der Waals surface area contributed by atoms with Gasteiger partial charge in [-0.3, -0.25) is 14.5 Å². The molecule has 2 amide bonds. The number of hydrogen-bond acceptors (Lipinski definition) is 11. The number of nitrogens with zero attached hydrogens (tertiary/aromatic N) is 1. The number of carbonyl (C=O) groups excluding carboxylic acids is 2. The molecule has 0 N–H and O–H groups in total. The molecule has 0 aromatic heterocycles. The fourth-order valence-corrected chi connectivity index (χ4v) is 4.47. The fourth-order valence-electron chi connectivity index (χ4n) is 4.47. The van der Waals surface area contributed by atoms with Crippen LogP contribution in [0.1, 0.15) is 6.92 Å². The average molecular weight is 546 g/mol. The summed E-state index contributed by atoms with van der Waals surface area (Å²) in [5.41, 5.74) is 0. The van der Waals surface area contributed by atoms with Gasteiger partial charge in [0, 0.05) is 7.11 Å². The molecule has 0 aliphatic carbocycles. The van der Waals surface area contributed by atoms with Crippen LogP contribution in [-0.4, -0.2) is 141 Å². The van der Waals surface area contributed by atoms with Crippen LogP contribution in [0.15, 0.2) is 12.2 Å². The largest absolute Gasteiger partial charge is 0.382 e. The van der Waals surface area contributed by atoms with Crippen molar-refractivity contribution in [1.82, 2.24) is 4.90 Å². The molecule has 12 nitrogen and oxygen atoms in total. The van der Waals surface area contributed by atoms with Gasteiger partial charge in [0.05, 0.1) is 129 Å². The molecular weight excluding hydrogens is 502 g/mol. The van der Waals surface area contributed by atoms with E-state index in [0.29, 0.717) is 85.9 Å². The van der Waals surface area contributed by atoms with E-state index in [4.69, 9.17) is 42.6 Å². The summed E-state index contributed by atoms with van der Waals surface area (Å²) in [5.74, 6) is -1.03. The van der Waals surface area contributed by atoms with E-state index in [1.54, 1.807) is 7.11 Å². The van der Waals surface area contributed by atoms with Crippen molar-refractivity contribution in [2.24, 2.45) is 11.8 Å². The lowest BCUT2D eigenvalue weighted by atomic mass is 9.85. The Morgan fingerprint density at radius 3 is 1.61 bits per heavy atom. The van der Waals surface area contributed by atoms with Crippen molar-refractivity contribution in [1.29, 1.82) is 0 Å². The highest BCUT2D eigenvalue weighted by Crippen LogP contribution is 2.44. The molecule has 2 bridgehead atoms. The maximum absolute atomic E-state index is 12.5. The van der Waals surface area contributed by atoms with Gasteiger partial charge in [-0.1, -0.05) is 12.2 Å². The zero-order valence-corrected chi connectivity index (χ0v) is 22.6. The summed E-state index contributed by atoms with van der Waals surface area (Å²) in [6, 6.07) is 0. The molecule has 0 radical (unpaired) electrons. The monoisotopic (exact) mass is 545 g/mol. The van der Waals surface area contributed by atoms with Gasteiger partial charge in [0.2, 0.25) is 11.8 Å². The number of rotatable bonds is 24. The average Bonchev–Trinajstić information content (AvgIpc) is 3.60. The van der Waals surface area contributed by atoms with Crippen molar-refractivity contribution in [2.45, 2.75) is 25.2 Å². The number of hydrogen-bond donors (Lipinski definition) is 0. The normalized spacial score (nSPS) is 24.6. The first-order valence-corrected chi connectivity index (χ1v) is 13.4. The highest BCUT2D eigenvalue weighted by molar-refractivity contribution is 6.06. The molecule has 38 heavy (non-hydrogen) atoms. The molecule has 2 saturated heterocycles. The predicted octanol–water partition coefficient (Wildman–Crippen LogP) is 0.0759. The Kier molecular flexibility index (Phi) is 14.7. The third-order valence-corrected chi connectivity index (χ3v) is 6.36. The molecule has 5 atom stereocenters. The van der Waals surface area contributed by atoms with Gasteiger partial charge < -0.3 is 42.6 Å². The summed E-state index contributed by atoms with van der Waals surface area (Å²) in [4.78, 5) is 26.4. The van der Waals surface area contributed by atoms with Crippen molar-refractivity contribution >= 4 is 11.8 Å². The van der Waals surface area contributed by atoms with Gasteiger partial charge in [-0.25, -0.2) is 0 Å². The summed E-state index contributed by atoms with van der Waals surface area (Å²) in [6.45, 7) is 8.86. The van der Waals surface area contributed by atoms with Gasteiger partial charge in [0.1, 0.15) is 0 Å². The highest BCUT2D eigenvalue weighted by atomic mass is 16.6. The van der Waals surface area contributed by atoms with Gasteiger partial charge in [0.15, 0.2) is 0 Å². The summed E-state index contributed by atoms with van der Waals surface area (Å²) in [6.07, 6.45) is 3.27. The van der Waals surface area contributed by atoms with Crippen LogP contribution in [0, 0.1) is 11.8 Å². The number of imide groups is 1. The van der Waals surface area contributed by atoms with Crippen LogP contribution in [-0.2, 0) is 52.2 Å². The van der Waals surface area contributed by atoms with Crippen LogP contribution < -0.4 is 0 Å². The summed E-state index contributed by atoms with van der Waals surface area (Å²) in [7, 11) is 1.64. The van der Waals surface area contributed by atoms with Crippen LogP contribution in [0.2, 0.25) is 0 Å². The smallest absolute Gasteiger partial charge is 0.236 e. The van der Waals surface area contributed by atoms with Crippen molar-refractivity contribution in [3.8, 4) is 0 Å². The van der Waals surface area contributed by atoms with Crippen LogP contribution in [0.3, 0.4) is 0 Å². The first kappa shape index (κ1) is 31.1. The van der Waals surface area contributed by atoms with Gasteiger partial charge in [-0.05, 0) is 6.92 Å². The standard InChI is InChI=1S/C26H43NO11/c1-20(37-18-7-30-2)19-36-17-16-35-15-14-34-13-12-33-11-10-32-9-8-31-6-5-27-25(28)23-21-3-4-22(38-21)24(23)26(27)29/h3-4,20-24H,5-19H2,1-2H3. The molecule has 218 valence electrons. The van der Waals surface area contributed by atoms with Crippen LogP contribution >= 0.6 is 0 Å². The minimum atomic E-state index is -0.364. The number of amides is 2. The molecule has 5 unspecified atom stereocenters. The van der Waals surface area contributed by atoms with E-state index >= 15 is 0 Å². The molecular formula is C26H43NO11. The van der Waals surface area contributed by atoms with Crippen LogP contribution in [0.25, 0.3) is 0 Å². The first-order valence-electron chi connectivity index (χ1n) is 13.4. The van der Waals surface area contributed by atoms with E-state index in [0.717, 1.165) is 0 Å². The summed E-state index contributed by atoms with van der Waals surface area (Å²) in [5, 5.41) is 0. The molecule has 12 heteroatoms. The number of ether oxygens (including phenoxy) is 9. The van der Waals surface area contributed by atoms with Gasteiger partial charge in [-0.15, -0.1) is 0 Å². The Morgan fingerprint density at radius 1 is 0.684 bits per heavy atom. The summed E-state index contributed by atoms with van der Waals surface area (Å²) < 4.78 is 48.9. The maximum atomic E-state index is 12.5. The minimum Gasteiger partial charge on any atom is -0.382 e. The molecule has 0 spiro atoms. The first-order chi connectivity index (χ1) is 18.6. The Labute approximate surface area is 224 Å². The third-order valence-electron chi connectivity index (χ3n) is 6.36. The Balaban J connectivity index is 1.01. The Morgan fingerprint density at radius 2 is 1.13 bits per heavy atom. The number of carbonyl (C=O) groups is 2. The Hall–Kier alpha value is -1.48. The fraction of sp³-hybridized carbons (Fsp3) is 0.846. The van der Waals surface area contributed by atoms with E-state index in [9.17, 15) is 9.59 Å². The van der Waals surface area contributed by atoms with Gasteiger partial charge in [-0.2, -0.15) is 0 Å². The zero-order valence-electron chi connectivity index (χ0n) is 22.6. The van der Waals surface area contributed by atoms with Crippen LogP contribution in [0.5, 0.6) is 0 Å². The second kappa shape index (κ2) is 18.0. The lowest BCUT2D eigenvalue weighted by Gasteiger charge is -2.17. The van der Waals surface area contributed by atoms with E-state index < -0.39 is 0 Å². The second-order valence-corrected chi connectivity index (χ2v) is 9.14. The van der Waals surface area contributed by atoms with E-state index in [1.807, 2.05) is 19.1 Å². The lowest BCUT2D eigenvalue weighted by Crippen LogP contribution is -2.37. The highest BCUT2D eigenvalue weighted by Gasteiger charge is 2.60. The molecule has 2 fully saturated rings. The molecule has 3 aliphatic heterocycles. The summed E-state index contributed by atoms with van der Waals surface area (Å²) >= 11 is 0. The SMILES string of the molecule is COCCOC(C)COCCOCCOCCOCCOCCOCCN1C(=O)C2C3C=CC(O3)C2C1=O. The molecule has 0 saturated carbocycles. The molecule has 3 aliphatic rings. The minimum absolute atomic E-state index is 0.0302. The maximum Gasteiger partial charge on any atom is 0.236 e. The number of methoxy groups -OCH3 is 1. The number of likely N-dealkylation sites (tertiary alicyclic amines) is 1. The topological polar surface area (TPSA) is 120 Å². The van der Waals surface area contributed by atoms with Crippen molar-refractivity contribution < 1.29 is 52.2 Å². The predicted molar refractivity (Wildman–Crippen MR) is 134 cm³/mol. The second-order valence-electron chi connectivity index (χ2n) is 9.14. The molecule has 3 rings (SSSR count). The molecule has 3 heterocycles. The van der Waals surface area contributed by atoms with Gasteiger partial charge in [0.25, 0.3) is 0 Å². The van der Waals surface area contributed by atoms with Crippen molar-refractivity contribution in [3.05, 3.63) is 12.2 Å². The van der Waals surface area contributed by atoms with E-state index in [2.05, 4.69) is 0 Å². The van der Waals surface area contributed by atoms with E-state index in [1.165, 1.54) is 4.90 Å². The number of fused-ring (bicyclic) bond motifs is 5. The molecule has 0 aromatic carbocycles. The zero-order chi connectivity index (χ0) is 27.0. The third kappa shape index (κ3) is 9.92. The van der Waals surface area contributed by atoms with Crippen molar-refractivity contribution in [3.63, 3.8) is 0 Å². The quantitative estimate of drug-likeness (QED) is 0.0931. The molecule has 0 aromatic rings. The van der Waals surface area contributed by atoms with E-state index in [-0.39, 0.29) is 55.1 Å². The Bertz CT molecular complexity index is 691. The van der Waals surface area contributed by atoms with Crippen LogP contribution in [0.4, 0.5) is 0 Å².